The van der Waals surface area contributed by atoms with E-state index in [9.17, 15) is 0 Å². The zero-order valence-corrected chi connectivity index (χ0v) is 11.1. The van der Waals surface area contributed by atoms with Crippen molar-refractivity contribution in [3.8, 4) is 0 Å². The third-order valence-electron chi connectivity index (χ3n) is 3.83. The van der Waals surface area contributed by atoms with Gasteiger partial charge in [-0.15, -0.1) is 0 Å². The van der Waals surface area contributed by atoms with Crippen LogP contribution >= 0.6 is 0 Å². The van der Waals surface area contributed by atoms with Gasteiger partial charge in [-0.25, -0.2) is 0 Å². The lowest BCUT2D eigenvalue weighted by molar-refractivity contribution is 0.161. The normalized spacial score (nSPS) is 32.2. The van der Waals surface area contributed by atoms with E-state index in [2.05, 4.69) is 33.0 Å². The van der Waals surface area contributed by atoms with Gasteiger partial charge in [0.2, 0.25) is 0 Å². The molecule has 0 aromatic heterocycles. The second-order valence-corrected chi connectivity index (χ2v) is 5.88. The molecule has 0 aromatic rings. The predicted octanol–water partition coefficient (Wildman–Crippen LogP) is 3.69. The topological polar surface area (TPSA) is 12.0 Å². The van der Waals surface area contributed by atoms with E-state index in [1.165, 1.54) is 32.2 Å². The van der Waals surface area contributed by atoms with Gasteiger partial charge in [0, 0.05) is 0 Å². The highest BCUT2D eigenvalue weighted by atomic mass is 14.8. The van der Waals surface area contributed by atoms with Crippen molar-refractivity contribution in [3.63, 3.8) is 0 Å². The lowest BCUT2D eigenvalue weighted by Crippen LogP contribution is -2.33. The summed E-state index contributed by atoms with van der Waals surface area (Å²) in [5.41, 5.74) is 0. The average Bonchev–Trinajstić information content (AvgIpc) is 2.16. The second kappa shape index (κ2) is 6.52. The molecular weight excluding hydrogens is 182 g/mol. The smallest absolute Gasteiger partial charge is 0.00180 e. The van der Waals surface area contributed by atoms with E-state index in [4.69, 9.17) is 0 Å². The Hall–Kier alpha value is -0.0400. The quantitative estimate of drug-likeness (QED) is 0.731. The fourth-order valence-electron chi connectivity index (χ4n) is 3.05. The Labute approximate surface area is 96.0 Å². The van der Waals surface area contributed by atoms with E-state index in [0.29, 0.717) is 0 Å². The van der Waals surface area contributed by atoms with Crippen LogP contribution in [0.2, 0.25) is 0 Å². The van der Waals surface area contributed by atoms with Crippen molar-refractivity contribution in [2.45, 2.75) is 53.4 Å². The van der Waals surface area contributed by atoms with Crippen molar-refractivity contribution in [1.29, 1.82) is 0 Å². The van der Waals surface area contributed by atoms with Crippen LogP contribution < -0.4 is 5.32 Å². The standard InChI is InChI=1S/C14H29N/c1-5-15-10-13-7-6-12(4)9-14(13)8-11(2)3/h11-15H,5-10H2,1-4H3. The summed E-state index contributed by atoms with van der Waals surface area (Å²) in [6, 6.07) is 0. The summed E-state index contributed by atoms with van der Waals surface area (Å²) in [6.07, 6.45) is 5.80. The predicted molar refractivity (Wildman–Crippen MR) is 68.0 cm³/mol. The maximum absolute atomic E-state index is 3.54. The number of nitrogens with one attached hydrogen (secondary N) is 1. The van der Waals surface area contributed by atoms with Crippen LogP contribution in [0.5, 0.6) is 0 Å². The summed E-state index contributed by atoms with van der Waals surface area (Å²) < 4.78 is 0. The van der Waals surface area contributed by atoms with Gasteiger partial charge in [-0.2, -0.15) is 0 Å². The van der Waals surface area contributed by atoms with Gasteiger partial charge < -0.3 is 5.32 Å². The molecule has 0 aliphatic heterocycles. The van der Waals surface area contributed by atoms with Gasteiger partial charge in [0.15, 0.2) is 0 Å². The lowest BCUT2D eigenvalue weighted by Gasteiger charge is -2.36. The summed E-state index contributed by atoms with van der Waals surface area (Å²) >= 11 is 0. The van der Waals surface area contributed by atoms with Crippen LogP contribution in [-0.4, -0.2) is 13.1 Å². The van der Waals surface area contributed by atoms with Crippen molar-refractivity contribution in [3.05, 3.63) is 0 Å². The molecule has 1 saturated carbocycles. The Kier molecular flexibility index (Phi) is 5.66. The molecule has 0 heterocycles. The van der Waals surface area contributed by atoms with Crippen LogP contribution in [-0.2, 0) is 0 Å². The van der Waals surface area contributed by atoms with E-state index in [1.807, 2.05) is 0 Å². The summed E-state index contributed by atoms with van der Waals surface area (Å²) in [5.74, 6) is 3.76. The van der Waals surface area contributed by atoms with E-state index >= 15 is 0 Å². The van der Waals surface area contributed by atoms with Gasteiger partial charge in [-0.3, -0.25) is 0 Å². The molecule has 0 radical (unpaired) electrons. The molecule has 15 heavy (non-hydrogen) atoms. The molecule has 1 N–H and O–H groups in total. The Morgan fingerprint density at radius 3 is 2.53 bits per heavy atom. The molecule has 1 nitrogen and oxygen atoms in total. The monoisotopic (exact) mass is 211 g/mol. The number of hydrogen-bond acceptors (Lipinski definition) is 1. The van der Waals surface area contributed by atoms with Crippen molar-refractivity contribution >= 4 is 0 Å². The summed E-state index contributed by atoms with van der Waals surface area (Å²) in [6.45, 7) is 11.7. The van der Waals surface area contributed by atoms with E-state index in [-0.39, 0.29) is 0 Å². The van der Waals surface area contributed by atoms with Gasteiger partial charge in [0.25, 0.3) is 0 Å². The molecule has 0 saturated heterocycles. The van der Waals surface area contributed by atoms with Gasteiger partial charge in [0.1, 0.15) is 0 Å². The van der Waals surface area contributed by atoms with E-state index in [1.54, 1.807) is 0 Å². The van der Waals surface area contributed by atoms with Gasteiger partial charge in [-0.1, -0.05) is 34.1 Å². The highest BCUT2D eigenvalue weighted by molar-refractivity contribution is 4.80. The minimum Gasteiger partial charge on any atom is -0.317 e. The largest absolute Gasteiger partial charge is 0.317 e. The molecule has 90 valence electrons. The Bertz CT molecular complexity index is 161. The Morgan fingerprint density at radius 2 is 1.93 bits per heavy atom. The first kappa shape index (κ1) is 13.0. The molecule has 1 rings (SSSR count). The summed E-state index contributed by atoms with van der Waals surface area (Å²) in [4.78, 5) is 0. The number of rotatable bonds is 5. The second-order valence-electron chi connectivity index (χ2n) is 5.88. The third-order valence-corrected chi connectivity index (χ3v) is 3.83. The maximum atomic E-state index is 3.54. The van der Waals surface area contributed by atoms with Crippen molar-refractivity contribution < 1.29 is 0 Å². The molecule has 3 atom stereocenters. The molecule has 0 bridgehead atoms. The molecule has 1 aliphatic rings. The fraction of sp³-hybridized carbons (Fsp3) is 1.00. The van der Waals surface area contributed by atoms with Crippen LogP contribution in [0.3, 0.4) is 0 Å². The van der Waals surface area contributed by atoms with Crippen LogP contribution in [0.1, 0.15) is 53.4 Å². The average molecular weight is 211 g/mol. The molecule has 0 spiro atoms. The summed E-state index contributed by atoms with van der Waals surface area (Å²) in [5, 5.41) is 3.54. The molecular formula is C14H29N. The Morgan fingerprint density at radius 1 is 1.20 bits per heavy atom. The fourth-order valence-corrected chi connectivity index (χ4v) is 3.05. The third kappa shape index (κ3) is 4.55. The molecule has 1 aliphatic carbocycles. The molecule has 1 fully saturated rings. The van der Waals surface area contributed by atoms with Crippen molar-refractivity contribution in [2.75, 3.05) is 13.1 Å². The van der Waals surface area contributed by atoms with Crippen LogP contribution in [0.4, 0.5) is 0 Å². The highest BCUT2D eigenvalue weighted by Gasteiger charge is 2.28. The van der Waals surface area contributed by atoms with Crippen LogP contribution in [0.25, 0.3) is 0 Å². The highest BCUT2D eigenvalue weighted by Crippen LogP contribution is 2.36. The first-order valence-corrected chi connectivity index (χ1v) is 6.84. The van der Waals surface area contributed by atoms with Crippen LogP contribution in [0.15, 0.2) is 0 Å². The molecule has 1 heteroatoms. The minimum atomic E-state index is 0.865. The summed E-state index contributed by atoms with van der Waals surface area (Å²) in [7, 11) is 0. The number of hydrogen-bond donors (Lipinski definition) is 1. The van der Waals surface area contributed by atoms with Gasteiger partial charge in [0.05, 0.1) is 0 Å². The molecule has 0 amide bonds. The van der Waals surface area contributed by atoms with Crippen molar-refractivity contribution in [2.24, 2.45) is 23.7 Å². The van der Waals surface area contributed by atoms with Crippen molar-refractivity contribution in [1.82, 2.24) is 5.32 Å². The first-order chi connectivity index (χ1) is 7.13. The zero-order valence-electron chi connectivity index (χ0n) is 11.1. The van der Waals surface area contributed by atoms with Crippen LogP contribution in [0, 0.1) is 23.7 Å². The first-order valence-electron chi connectivity index (χ1n) is 6.84. The van der Waals surface area contributed by atoms with E-state index in [0.717, 1.165) is 30.2 Å². The van der Waals surface area contributed by atoms with Gasteiger partial charge in [-0.05, 0) is 56.0 Å². The zero-order chi connectivity index (χ0) is 11.3. The molecule has 3 unspecified atom stereocenters. The van der Waals surface area contributed by atoms with Gasteiger partial charge >= 0.3 is 0 Å². The molecule has 0 aromatic carbocycles. The maximum Gasteiger partial charge on any atom is -0.00180 e. The lowest BCUT2D eigenvalue weighted by atomic mass is 9.71. The Balaban J connectivity index is 2.42. The van der Waals surface area contributed by atoms with E-state index < -0.39 is 0 Å². The SMILES string of the molecule is CCNCC1CCC(C)CC1CC(C)C. The minimum absolute atomic E-state index is 0.865.